The molecule has 3 rings (SSSR count). The quantitative estimate of drug-likeness (QED) is 0.828. The Hall–Kier alpha value is -2.17. The molecule has 2 unspecified atom stereocenters. The SMILES string of the molecule is CC1CCCN(Cc2ccc(NC(=O)CC(N)c3ccccc3)cc2)C1. The molecule has 1 heterocycles. The number of likely N-dealkylation sites (tertiary alicyclic amines) is 1. The number of hydrogen-bond donors (Lipinski definition) is 2. The van der Waals surface area contributed by atoms with E-state index in [1.165, 1.54) is 31.5 Å². The van der Waals surface area contributed by atoms with Crippen molar-refractivity contribution in [3.63, 3.8) is 0 Å². The van der Waals surface area contributed by atoms with Gasteiger partial charge in [-0.25, -0.2) is 0 Å². The van der Waals surface area contributed by atoms with Crippen LogP contribution in [0.25, 0.3) is 0 Å². The summed E-state index contributed by atoms with van der Waals surface area (Å²) < 4.78 is 0. The van der Waals surface area contributed by atoms with Crippen LogP contribution in [0.2, 0.25) is 0 Å². The predicted octanol–water partition coefficient (Wildman–Crippen LogP) is 3.95. The Balaban J connectivity index is 1.49. The van der Waals surface area contributed by atoms with Crippen molar-refractivity contribution in [1.29, 1.82) is 0 Å². The normalized spacial score (nSPS) is 19.1. The summed E-state index contributed by atoms with van der Waals surface area (Å²) >= 11 is 0. The monoisotopic (exact) mass is 351 g/mol. The molecule has 4 nitrogen and oxygen atoms in total. The Labute approximate surface area is 156 Å². The van der Waals surface area contributed by atoms with Gasteiger partial charge in [0.1, 0.15) is 0 Å². The van der Waals surface area contributed by atoms with Gasteiger partial charge in [0.25, 0.3) is 0 Å². The van der Waals surface area contributed by atoms with Crippen LogP contribution in [-0.2, 0) is 11.3 Å². The second-order valence-corrected chi connectivity index (χ2v) is 7.45. The largest absolute Gasteiger partial charge is 0.326 e. The summed E-state index contributed by atoms with van der Waals surface area (Å²) in [5.41, 5.74) is 9.22. The van der Waals surface area contributed by atoms with Crippen molar-refractivity contribution in [2.75, 3.05) is 18.4 Å². The van der Waals surface area contributed by atoms with Gasteiger partial charge in [-0.05, 0) is 48.6 Å². The average Bonchev–Trinajstić information content (AvgIpc) is 2.64. The van der Waals surface area contributed by atoms with Gasteiger partial charge in [0, 0.05) is 31.2 Å². The Morgan fingerprint density at radius 2 is 1.92 bits per heavy atom. The van der Waals surface area contributed by atoms with E-state index in [4.69, 9.17) is 5.73 Å². The van der Waals surface area contributed by atoms with Gasteiger partial charge in [-0.1, -0.05) is 49.4 Å². The minimum atomic E-state index is -0.281. The van der Waals surface area contributed by atoms with Gasteiger partial charge in [-0.2, -0.15) is 0 Å². The van der Waals surface area contributed by atoms with Crippen molar-refractivity contribution in [2.45, 2.75) is 38.8 Å². The molecule has 1 amide bonds. The molecular formula is C22H29N3O. The Morgan fingerprint density at radius 1 is 1.19 bits per heavy atom. The Morgan fingerprint density at radius 3 is 2.62 bits per heavy atom. The van der Waals surface area contributed by atoms with E-state index in [0.717, 1.165) is 23.7 Å². The van der Waals surface area contributed by atoms with Crippen LogP contribution in [0.15, 0.2) is 54.6 Å². The molecule has 2 aromatic rings. The topological polar surface area (TPSA) is 58.4 Å². The fraction of sp³-hybridized carbons (Fsp3) is 0.409. The number of amides is 1. The van der Waals surface area contributed by atoms with Crippen molar-refractivity contribution < 1.29 is 4.79 Å². The van der Waals surface area contributed by atoms with E-state index >= 15 is 0 Å². The summed E-state index contributed by atoms with van der Waals surface area (Å²) in [6.07, 6.45) is 2.90. The first-order chi connectivity index (χ1) is 12.6. The maximum atomic E-state index is 12.2. The molecule has 138 valence electrons. The Kier molecular flexibility index (Phi) is 6.42. The third kappa shape index (κ3) is 5.41. The lowest BCUT2D eigenvalue weighted by Crippen LogP contribution is -2.33. The number of rotatable bonds is 6. The highest BCUT2D eigenvalue weighted by atomic mass is 16.1. The van der Waals surface area contributed by atoms with Gasteiger partial charge in [-0.3, -0.25) is 9.69 Å². The third-order valence-corrected chi connectivity index (χ3v) is 5.02. The van der Waals surface area contributed by atoms with Crippen LogP contribution in [0.1, 0.15) is 43.4 Å². The first kappa shape index (κ1) is 18.6. The van der Waals surface area contributed by atoms with Gasteiger partial charge >= 0.3 is 0 Å². The highest BCUT2D eigenvalue weighted by Crippen LogP contribution is 2.19. The van der Waals surface area contributed by atoms with E-state index in [9.17, 15) is 4.79 Å². The van der Waals surface area contributed by atoms with Crippen LogP contribution in [0.3, 0.4) is 0 Å². The molecule has 2 atom stereocenters. The fourth-order valence-electron chi connectivity index (χ4n) is 3.61. The third-order valence-electron chi connectivity index (χ3n) is 5.02. The molecule has 0 aromatic heterocycles. The van der Waals surface area contributed by atoms with Crippen molar-refractivity contribution in [1.82, 2.24) is 4.90 Å². The molecule has 1 fully saturated rings. The summed E-state index contributed by atoms with van der Waals surface area (Å²) in [5, 5.41) is 2.95. The van der Waals surface area contributed by atoms with Crippen LogP contribution in [0, 0.1) is 5.92 Å². The molecule has 0 bridgehead atoms. The van der Waals surface area contributed by atoms with Crippen LogP contribution in [0.4, 0.5) is 5.69 Å². The summed E-state index contributed by atoms with van der Waals surface area (Å²) in [5.74, 6) is 0.732. The molecule has 4 heteroatoms. The van der Waals surface area contributed by atoms with Gasteiger partial charge in [0.15, 0.2) is 0 Å². The summed E-state index contributed by atoms with van der Waals surface area (Å²) in [6.45, 7) is 5.67. The minimum Gasteiger partial charge on any atom is -0.326 e. The number of carbonyl (C=O) groups excluding carboxylic acids is 1. The molecule has 1 aliphatic rings. The summed E-state index contributed by atoms with van der Waals surface area (Å²) in [6, 6.07) is 17.6. The van der Waals surface area contributed by atoms with Crippen LogP contribution < -0.4 is 11.1 Å². The second-order valence-electron chi connectivity index (χ2n) is 7.45. The average molecular weight is 351 g/mol. The van der Waals surface area contributed by atoms with E-state index < -0.39 is 0 Å². The fourth-order valence-corrected chi connectivity index (χ4v) is 3.61. The van der Waals surface area contributed by atoms with E-state index in [-0.39, 0.29) is 18.4 Å². The van der Waals surface area contributed by atoms with Crippen LogP contribution >= 0.6 is 0 Å². The molecular weight excluding hydrogens is 322 g/mol. The zero-order chi connectivity index (χ0) is 18.4. The molecule has 0 aliphatic carbocycles. The number of benzene rings is 2. The van der Waals surface area contributed by atoms with E-state index in [0.29, 0.717) is 0 Å². The maximum absolute atomic E-state index is 12.2. The van der Waals surface area contributed by atoms with E-state index in [1.807, 2.05) is 42.5 Å². The number of nitrogens with one attached hydrogen (secondary N) is 1. The number of anilines is 1. The summed E-state index contributed by atoms with van der Waals surface area (Å²) in [4.78, 5) is 14.7. The Bertz CT molecular complexity index is 699. The first-order valence-corrected chi connectivity index (χ1v) is 9.52. The van der Waals surface area contributed by atoms with Crippen molar-refractivity contribution >= 4 is 11.6 Å². The standard InChI is InChI=1S/C22H29N3O/c1-17-6-5-13-25(15-17)16-18-9-11-20(12-10-18)24-22(26)14-21(23)19-7-3-2-4-8-19/h2-4,7-12,17,21H,5-6,13-16,23H2,1H3,(H,24,26). The van der Waals surface area contributed by atoms with Crippen molar-refractivity contribution in [2.24, 2.45) is 11.7 Å². The number of nitrogens with zero attached hydrogens (tertiary/aromatic N) is 1. The zero-order valence-electron chi connectivity index (χ0n) is 15.5. The van der Waals surface area contributed by atoms with Crippen molar-refractivity contribution in [3.05, 3.63) is 65.7 Å². The zero-order valence-corrected chi connectivity index (χ0v) is 15.5. The molecule has 1 aliphatic heterocycles. The lowest BCUT2D eigenvalue weighted by Gasteiger charge is -2.30. The molecule has 2 aromatic carbocycles. The lowest BCUT2D eigenvalue weighted by atomic mass is 10.00. The minimum absolute atomic E-state index is 0.0565. The molecule has 26 heavy (non-hydrogen) atoms. The maximum Gasteiger partial charge on any atom is 0.226 e. The van der Waals surface area contributed by atoms with E-state index in [2.05, 4.69) is 29.3 Å². The number of piperidine rings is 1. The van der Waals surface area contributed by atoms with Gasteiger partial charge in [0.05, 0.1) is 0 Å². The van der Waals surface area contributed by atoms with Crippen molar-refractivity contribution in [3.8, 4) is 0 Å². The number of carbonyl (C=O) groups is 1. The molecule has 1 saturated heterocycles. The van der Waals surface area contributed by atoms with Crippen LogP contribution in [0.5, 0.6) is 0 Å². The highest BCUT2D eigenvalue weighted by molar-refractivity contribution is 5.91. The van der Waals surface area contributed by atoms with Gasteiger partial charge < -0.3 is 11.1 Å². The van der Waals surface area contributed by atoms with Gasteiger partial charge in [0.2, 0.25) is 5.91 Å². The summed E-state index contributed by atoms with van der Waals surface area (Å²) in [7, 11) is 0. The lowest BCUT2D eigenvalue weighted by molar-refractivity contribution is -0.116. The van der Waals surface area contributed by atoms with Gasteiger partial charge in [-0.15, -0.1) is 0 Å². The number of nitrogens with two attached hydrogens (primary N) is 1. The predicted molar refractivity (Wildman–Crippen MR) is 107 cm³/mol. The molecule has 0 radical (unpaired) electrons. The highest BCUT2D eigenvalue weighted by Gasteiger charge is 2.16. The second kappa shape index (κ2) is 8.97. The molecule has 0 saturated carbocycles. The number of hydrogen-bond acceptors (Lipinski definition) is 3. The van der Waals surface area contributed by atoms with E-state index in [1.54, 1.807) is 0 Å². The first-order valence-electron chi connectivity index (χ1n) is 9.52. The van der Waals surface area contributed by atoms with Crippen LogP contribution in [-0.4, -0.2) is 23.9 Å². The molecule has 0 spiro atoms. The smallest absolute Gasteiger partial charge is 0.226 e. The molecule has 3 N–H and O–H groups in total.